The van der Waals surface area contributed by atoms with Crippen LogP contribution in [0.5, 0.6) is 11.5 Å². The maximum atomic E-state index is 14.3. The summed E-state index contributed by atoms with van der Waals surface area (Å²) in [7, 11) is 0. The average Bonchev–Trinajstić information content (AvgIpc) is 3.69. The molecule has 4 aromatic rings. The number of tetrazole rings is 1. The molecule has 212 valence electrons. The van der Waals surface area contributed by atoms with E-state index in [1.165, 1.54) is 22.3 Å². The number of benzene rings is 2. The number of rotatable bonds is 8. The molecule has 2 aliphatic rings. The first-order chi connectivity index (χ1) is 20.1. The summed E-state index contributed by atoms with van der Waals surface area (Å²) in [6.07, 6.45) is 5.08. The molecule has 0 radical (unpaired) electrons. The Hall–Kier alpha value is -4.32. The van der Waals surface area contributed by atoms with Gasteiger partial charge in [-0.1, -0.05) is 37.5 Å². The number of carbonyl (C=O) groups is 2. The van der Waals surface area contributed by atoms with Gasteiger partial charge in [0.25, 0.3) is 5.91 Å². The number of thiophene rings is 1. The van der Waals surface area contributed by atoms with Crippen LogP contribution in [0.15, 0.2) is 60.0 Å². The van der Waals surface area contributed by atoms with Crippen LogP contribution in [0, 0.1) is 5.82 Å². The average molecular weight is 577 g/mol. The quantitative estimate of drug-likeness (QED) is 0.328. The van der Waals surface area contributed by atoms with Crippen LogP contribution in [0.4, 0.5) is 10.1 Å². The number of nitrogens with zero attached hydrogens (tertiary/aromatic N) is 5. The van der Waals surface area contributed by atoms with Crippen molar-refractivity contribution in [2.75, 3.05) is 18.1 Å². The van der Waals surface area contributed by atoms with Crippen molar-refractivity contribution in [3.05, 3.63) is 70.7 Å². The molecule has 1 atom stereocenters. The molecule has 1 saturated carbocycles. The predicted molar refractivity (Wildman–Crippen MR) is 150 cm³/mol. The first-order valence-corrected chi connectivity index (χ1v) is 14.5. The van der Waals surface area contributed by atoms with Crippen molar-refractivity contribution in [1.29, 1.82) is 0 Å². The summed E-state index contributed by atoms with van der Waals surface area (Å²) >= 11 is 1.40. The Labute approximate surface area is 240 Å². The largest absolute Gasteiger partial charge is 0.486 e. The monoisotopic (exact) mass is 576 g/mol. The third-order valence-corrected chi connectivity index (χ3v) is 8.11. The summed E-state index contributed by atoms with van der Waals surface area (Å²) in [5.74, 6) is -0.0818. The van der Waals surface area contributed by atoms with E-state index in [-0.39, 0.29) is 29.9 Å². The number of anilines is 1. The lowest BCUT2D eigenvalue weighted by atomic mass is 9.95. The predicted octanol–water partition coefficient (Wildman–Crippen LogP) is 4.54. The Morgan fingerprint density at radius 2 is 1.85 bits per heavy atom. The molecular formula is C29H29FN6O4S. The van der Waals surface area contributed by atoms with Crippen LogP contribution in [0.3, 0.4) is 0 Å². The molecule has 1 aliphatic heterocycles. The zero-order valence-corrected chi connectivity index (χ0v) is 23.1. The number of aromatic nitrogens is 4. The van der Waals surface area contributed by atoms with Crippen molar-refractivity contribution in [3.63, 3.8) is 0 Å². The molecule has 0 spiro atoms. The van der Waals surface area contributed by atoms with E-state index < -0.39 is 17.8 Å². The molecule has 0 bridgehead atoms. The van der Waals surface area contributed by atoms with Gasteiger partial charge in [-0.05, 0) is 53.8 Å². The molecule has 3 heterocycles. The van der Waals surface area contributed by atoms with E-state index in [0.717, 1.165) is 36.9 Å². The minimum absolute atomic E-state index is 0.0521. The summed E-state index contributed by atoms with van der Waals surface area (Å²) < 4.78 is 25.8. The van der Waals surface area contributed by atoms with Gasteiger partial charge in [-0.15, -0.1) is 21.5 Å². The summed E-state index contributed by atoms with van der Waals surface area (Å²) in [4.78, 5) is 31.3. The third kappa shape index (κ3) is 5.92. The number of fused-ring (bicyclic) bond motifs is 1. The highest BCUT2D eigenvalue weighted by atomic mass is 32.1. The van der Waals surface area contributed by atoms with Crippen LogP contribution in [0.25, 0.3) is 11.4 Å². The summed E-state index contributed by atoms with van der Waals surface area (Å²) in [5.41, 5.74) is 0.643. The standard InChI is InChI=1S/C29H29FN6O4S/c30-22-10-5-4-9-21(22)28-32-34-35(33-28)18-26(37)36(20-12-13-23-24(17-20)40-15-14-39-23)27(25-11-6-16-41-25)29(38)31-19-7-2-1-3-8-19/h4-6,9-13,16-17,19,27H,1-3,7-8,14-15,18H2,(H,31,38). The van der Waals surface area contributed by atoms with Gasteiger partial charge >= 0.3 is 0 Å². The second-order valence-corrected chi connectivity index (χ2v) is 11.0. The molecule has 41 heavy (non-hydrogen) atoms. The maximum absolute atomic E-state index is 14.3. The lowest BCUT2D eigenvalue weighted by Crippen LogP contribution is -2.48. The van der Waals surface area contributed by atoms with Crippen LogP contribution in [-0.4, -0.2) is 51.3 Å². The Morgan fingerprint density at radius 1 is 1.05 bits per heavy atom. The van der Waals surface area contributed by atoms with E-state index >= 15 is 0 Å². The second kappa shape index (κ2) is 12.0. The van der Waals surface area contributed by atoms with Gasteiger partial charge < -0.3 is 14.8 Å². The SMILES string of the molecule is O=C(NC1CCCCC1)C(c1cccs1)N(C(=O)Cn1nnc(-c2ccccc2F)n1)c1ccc2c(c1)OCCO2. The zero-order valence-electron chi connectivity index (χ0n) is 22.2. The van der Waals surface area contributed by atoms with Crippen molar-refractivity contribution in [1.82, 2.24) is 25.5 Å². The van der Waals surface area contributed by atoms with Crippen LogP contribution in [0.1, 0.15) is 43.0 Å². The molecule has 2 aromatic heterocycles. The Balaban J connectivity index is 1.35. The molecule has 10 nitrogen and oxygen atoms in total. The van der Waals surface area contributed by atoms with Gasteiger partial charge in [0, 0.05) is 22.7 Å². The van der Waals surface area contributed by atoms with Crippen LogP contribution in [-0.2, 0) is 16.1 Å². The van der Waals surface area contributed by atoms with Gasteiger partial charge in [-0.2, -0.15) is 4.80 Å². The van der Waals surface area contributed by atoms with Crippen LogP contribution >= 0.6 is 11.3 Å². The van der Waals surface area contributed by atoms with Gasteiger partial charge in [-0.3, -0.25) is 14.5 Å². The fourth-order valence-electron chi connectivity index (χ4n) is 5.22. The molecule has 12 heteroatoms. The number of amides is 2. The molecule has 1 unspecified atom stereocenters. The maximum Gasteiger partial charge on any atom is 0.251 e. The lowest BCUT2D eigenvalue weighted by molar-refractivity contribution is -0.127. The van der Waals surface area contributed by atoms with Gasteiger partial charge in [0.1, 0.15) is 31.6 Å². The number of nitrogens with one attached hydrogen (secondary N) is 1. The number of ether oxygens (including phenoxy) is 2. The number of carbonyl (C=O) groups excluding carboxylic acids is 2. The molecule has 2 aromatic carbocycles. The van der Waals surface area contributed by atoms with E-state index in [1.807, 2.05) is 17.5 Å². The van der Waals surface area contributed by atoms with E-state index in [1.54, 1.807) is 36.4 Å². The first-order valence-electron chi connectivity index (χ1n) is 13.6. The van der Waals surface area contributed by atoms with Gasteiger partial charge in [0.2, 0.25) is 11.7 Å². The Morgan fingerprint density at radius 3 is 2.63 bits per heavy atom. The molecule has 0 saturated heterocycles. The lowest BCUT2D eigenvalue weighted by Gasteiger charge is -2.33. The highest BCUT2D eigenvalue weighted by molar-refractivity contribution is 7.10. The fraction of sp³-hybridized carbons (Fsp3) is 0.345. The topological polar surface area (TPSA) is 111 Å². The highest BCUT2D eigenvalue weighted by Crippen LogP contribution is 2.38. The van der Waals surface area contributed by atoms with Crippen molar-refractivity contribution in [3.8, 4) is 22.9 Å². The number of hydrogen-bond acceptors (Lipinski definition) is 8. The van der Waals surface area contributed by atoms with E-state index in [2.05, 4.69) is 20.7 Å². The molecular weight excluding hydrogens is 547 g/mol. The highest BCUT2D eigenvalue weighted by Gasteiger charge is 2.36. The Kier molecular flexibility index (Phi) is 7.90. The minimum Gasteiger partial charge on any atom is -0.486 e. The van der Waals surface area contributed by atoms with E-state index in [4.69, 9.17) is 9.47 Å². The smallest absolute Gasteiger partial charge is 0.251 e. The molecule has 2 amide bonds. The second-order valence-electron chi connectivity index (χ2n) is 9.98. The van der Waals surface area contributed by atoms with Crippen molar-refractivity contribution >= 4 is 28.8 Å². The summed E-state index contributed by atoms with van der Waals surface area (Å²) in [6, 6.07) is 14.1. The molecule has 1 aliphatic carbocycles. The fourth-order valence-corrected chi connectivity index (χ4v) is 6.04. The molecule has 6 rings (SSSR count). The summed E-state index contributed by atoms with van der Waals surface area (Å²) in [6.45, 7) is 0.482. The minimum atomic E-state index is -0.943. The normalized spacial score (nSPS) is 15.7. The van der Waals surface area contributed by atoms with Gasteiger partial charge in [-0.25, -0.2) is 4.39 Å². The van der Waals surface area contributed by atoms with Crippen LogP contribution in [0.2, 0.25) is 0 Å². The number of hydrogen-bond donors (Lipinski definition) is 1. The van der Waals surface area contributed by atoms with Crippen molar-refractivity contribution in [2.45, 2.75) is 50.7 Å². The number of halogens is 1. The van der Waals surface area contributed by atoms with E-state index in [9.17, 15) is 14.0 Å². The third-order valence-electron chi connectivity index (χ3n) is 7.19. The zero-order chi connectivity index (χ0) is 28.2. The van der Waals surface area contributed by atoms with Crippen molar-refractivity contribution in [2.24, 2.45) is 0 Å². The first kappa shape index (κ1) is 26.9. The molecule has 1 fully saturated rings. The van der Waals surface area contributed by atoms with E-state index in [0.29, 0.717) is 35.3 Å². The van der Waals surface area contributed by atoms with Crippen molar-refractivity contribution < 1.29 is 23.5 Å². The van der Waals surface area contributed by atoms with Crippen LogP contribution < -0.4 is 19.7 Å². The molecule has 1 N–H and O–H groups in total. The summed E-state index contributed by atoms with van der Waals surface area (Å²) in [5, 5.41) is 17.3. The van der Waals surface area contributed by atoms with Gasteiger partial charge in [0.15, 0.2) is 11.5 Å². The van der Waals surface area contributed by atoms with Gasteiger partial charge in [0.05, 0.1) is 5.56 Å². The Bertz CT molecular complexity index is 1520.